The molecule has 1 fully saturated rings. The lowest BCUT2D eigenvalue weighted by Gasteiger charge is -2.44. The van der Waals surface area contributed by atoms with Crippen molar-refractivity contribution in [2.24, 2.45) is 0 Å². The van der Waals surface area contributed by atoms with Crippen LogP contribution >= 0.6 is 0 Å². The Morgan fingerprint density at radius 1 is 1.04 bits per heavy atom. The van der Waals surface area contributed by atoms with E-state index in [-0.39, 0.29) is 0 Å². The molecule has 28 heavy (non-hydrogen) atoms. The maximum Gasteiger partial charge on any atom is 0.168 e. The minimum absolute atomic E-state index is 0.301. The van der Waals surface area contributed by atoms with Crippen molar-refractivity contribution in [3.63, 3.8) is 0 Å². The second-order valence-electron chi connectivity index (χ2n) is 7.93. The van der Waals surface area contributed by atoms with Gasteiger partial charge in [0, 0.05) is 30.0 Å². The molecule has 5 heteroatoms. The molecule has 2 aliphatic rings. The summed E-state index contributed by atoms with van der Waals surface area (Å²) in [4.78, 5) is 4.75. The first-order valence-corrected chi connectivity index (χ1v) is 9.87. The Hall–Kier alpha value is -3.08. The maximum absolute atomic E-state index is 4.44. The quantitative estimate of drug-likeness (QED) is 0.676. The second-order valence-corrected chi connectivity index (χ2v) is 7.93. The Kier molecular flexibility index (Phi) is 3.79. The number of aromatic nitrogens is 3. The first-order chi connectivity index (χ1) is 13.5. The van der Waals surface area contributed by atoms with Crippen LogP contribution in [0, 0.1) is 6.92 Å². The Balaban J connectivity index is 1.62. The average Bonchev–Trinajstić information content (AvgIpc) is 3.41. The molecule has 0 spiro atoms. The molecule has 3 aromatic rings. The molecule has 1 aromatic heterocycles. The van der Waals surface area contributed by atoms with Gasteiger partial charge in [0.05, 0.1) is 17.4 Å². The van der Waals surface area contributed by atoms with Crippen LogP contribution in [0.3, 0.4) is 0 Å². The lowest BCUT2D eigenvalue weighted by molar-refractivity contribution is 0.665. The van der Waals surface area contributed by atoms with Crippen LogP contribution in [0.2, 0.25) is 0 Å². The highest BCUT2D eigenvalue weighted by molar-refractivity contribution is 5.82. The first-order valence-electron chi connectivity index (χ1n) is 9.87. The smallest absolute Gasteiger partial charge is 0.168 e. The molecule has 2 aromatic carbocycles. The number of aryl methyl sites for hydroxylation is 1. The van der Waals surface area contributed by atoms with Crippen LogP contribution in [0.4, 0.5) is 11.4 Å². The molecule has 1 aliphatic carbocycles. The molecule has 0 N–H and O–H groups in total. The van der Waals surface area contributed by atoms with Gasteiger partial charge in [-0.3, -0.25) is 4.57 Å². The highest BCUT2D eigenvalue weighted by Gasteiger charge is 2.39. The fourth-order valence-electron chi connectivity index (χ4n) is 4.15. The van der Waals surface area contributed by atoms with E-state index in [0.717, 1.165) is 22.8 Å². The van der Waals surface area contributed by atoms with Crippen LogP contribution < -0.4 is 9.80 Å². The molecular formula is C23H25N5. The van der Waals surface area contributed by atoms with Crippen LogP contribution in [0.15, 0.2) is 61.1 Å². The van der Waals surface area contributed by atoms with Crippen molar-refractivity contribution in [3.05, 3.63) is 66.6 Å². The lowest BCUT2D eigenvalue weighted by Crippen LogP contribution is -2.45. The van der Waals surface area contributed by atoms with E-state index in [1.807, 2.05) is 0 Å². The molecule has 5 rings (SSSR count). The second kappa shape index (κ2) is 6.23. The number of fused-ring (bicyclic) bond motifs is 1. The number of benzene rings is 2. The molecule has 1 saturated carbocycles. The monoisotopic (exact) mass is 371 g/mol. The highest BCUT2D eigenvalue weighted by atomic mass is 15.3. The highest BCUT2D eigenvalue weighted by Crippen LogP contribution is 2.46. The van der Waals surface area contributed by atoms with Crippen molar-refractivity contribution in [2.75, 3.05) is 16.8 Å². The van der Waals surface area contributed by atoms with Gasteiger partial charge in [0.1, 0.15) is 6.33 Å². The standard InChI is InChI=1S/C23H25N5/c1-15-5-8-19(9-6-15)27-14-24-25-23(27)18-7-12-21-22(13-18)28(20-10-11-20)17(3)16(2)26(21)4/h5-9,12-14,17,20H,2,10-11H2,1,3-4H3. The lowest BCUT2D eigenvalue weighted by atomic mass is 10.0. The Labute approximate surface area is 165 Å². The van der Waals surface area contributed by atoms with Gasteiger partial charge in [0.15, 0.2) is 5.82 Å². The first kappa shape index (κ1) is 17.0. The van der Waals surface area contributed by atoms with E-state index < -0.39 is 0 Å². The van der Waals surface area contributed by atoms with Gasteiger partial charge >= 0.3 is 0 Å². The number of hydrogen-bond donors (Lipinski definition) is 0. The molecule has 5 nitrogen and oxygen atoms in total. The molecule has 1 atom stereocenters. The van der Waals surface area contributed by atoms with Gasteiger partial charge in [-0.25, -0.2) is 0 Å². The zero-order chi connectivity index (χ0) is 19.4. The maximum atomic E-state index is 4.44. The van der Waals surface area contributed by atoms with Gasteiger partial charge < -0.3 is 9.80 Å². The largest absolute Gasteiger partial charge is 0.359 e. The van der Waals surface area contributed by atoms with Gasteiger partial charge in [-0.1, -0.05) is 24.3 Å². The van der Waals surface area contributed by atoms with Crippen molar-refractivity contribution in [3.8, 4) is 17.1 Å². The van der Waals surface area contributed by atoms with E-state index in [0.29, 0.717) is 12.1 Å². The van der Waals surface area contributed by atoms with Crippen molar-refractivity contribution in [1.82, 2.24) is 14.8 Å². The summed E-state index contributed by atoms with van der Waals surface area (Å²) in [5, 5.41) is 8.63. The van der Waals surface area contributed by atoms with Gasteiger partial charge in [0.25, 0.3) is 0 Å². The summed E-state index contributed by atoms with van der Waals surface area (Å²) >= 11 is 0. The van der Waals surface area contributed by atoms with Gasteiger partial charge in [-0.05, 0) is 57.0 Å². The van der Waals surface area contributed by atoms with Crippen molar-refractivity contribution in [1.29, 1.82) is 0 Å². The van der Waals surface area contributed by atoms with Crippen molar-refractivity contribution in [2.45, 2.75) is 38.8 Å². The van der Waals surface area contributed by atoms with E-state index in [9.17, 15) is 0 Å². The Morgan fingerprint density at radius 3 is 2.50 bits per heavy atom. The zero-order valence-corrected chi connectivity index (χ0v) is 16.6. The Bertz CT molecular complexity index is 1050. The molecule has 0 amide bonds. The SMILES string of the molecule is C=C1C(C)N(C2CC2)c2cc(-c3nncn3-c3ccc(C)cc3)ccc2N1C. The van der Waals surface area contributed by atoms with Crippen LogP contribution in [-0.2, 0) is 0 Å². The third-order valence-electron chi connectivity index (χ3n) is 6.00. The summed E-state index contributed by atoms with van der Waals surface area (Å²) in [6.45, 7) is 8.67. The minimum atomic E-state index is 0.301. The minimum Gasteiger partial charge on any atom is -0.359 e. The summed E-state index contributed by atoms with van der Waals surface area (Å²) in [7, 11) is 2.11. The van der Waals surface area contributed by atoms with Crippen molar-refractivity contribution < 1.29 is 0 Å². The fraction of sp³-hybridized carbons (Fsp3) is 0.304. The van der Waals surface area contributed by atoms with Crippen LogP contribution in [0.1, 0.15) is 25.3 Å². The van der Waals surface area contributed by atoms with Gasteiger partial charge in [-0.2, -0.15) is 0 Å². The zero-order valence-electron chi connectivity index (χ0n) is 16.6. The topological polar surface area (TPSA) is 37.2 Å². The molecule has 0 bridgehead atoms. The predicted octanol–water partition coefficient (Wildman–Crippen LogP) is 4.56. The third-order valence-corrected chi connectivity index (χ3v) is 6.00. The van der Waals surface area contributed by atoms with Crippen LogP contribution in [-0.4, -0.2) is 33.9 Å². The Morgan fingerprint density at radius 2 is 1.79 bits per heavy atom. The predicted molar refractivity (Wildman–Crippen MR) is 114 cm³/mol. The van der Waals surface area contributed by atoms with E-state index in [1.165, 1.54) is 29.8 Å². The number of rotatable bonds is 3. The number of likely N-dealkylation sites (N-methyl/N-ethyl adjacent to an activating group) is 1. The normalized spacial score (nSPS) is 19.1. The van der Waals surface area contributed by atoms with Gasteiger partial charge in [0.2, 0.25) is 0 Å². The molecular weight excluding hydrogens is 346 g/mol. The van der Waals surface area contributed by atoms with Crippen LogP contribution in [0.5, 0.6) is 0 Å². The third kappa shape index (κ3) is 2.61. The average molecular weight is 371 g/mol. The number of hydrogen-bond acceptors (Lipinski definition) is 4. The van der Waals surface area contributed by atoms with E-state index in [1.54, 1.807) is 6.33 Å². The fourth-order valence-corrected chi connectivity index (χ4v) is 4.15. The van der Waals surface area contributed by atoms with E-state index >= 15 is 0 Å². The van der Waals surface area contributed by atoms with E-state index in [4.69, 9.17) is 0 Å². The van der Waals surface area contributed by atoms with E-state index in [2.05, 4.69) is 94.5 Å². The summed E-state index contributed by atoms with van der Waals surface area (Å²) < 4.78 is 2.05. The summed E-state index contributed by atoms with van der Waals surface area (Å²) in [5.74, 6) is 0.863. The van der Waals surface area contributed by atoms with Crippen LogP contribution in [0.25, 0.3) is 17.1 Å². The molecule has 0 radical (unpaired) electrons. The van der Waals surface area contributed by atoms with Gasteiger partial charge in [-0.15, -0.1) is 10.2 Å². The molecule has 1 aliphatic heterocycles. The summed E-state index contributed by atoms with van der Waals surface area (Å²) in [6, 6.07) is 15.9. The molecule has 1 unspecified atom stereocenters. The molecule has 142 valence electrons. The number of anilines is 2. The number of nitrogens with zero attached hydrogens (tertiary/aromatic N) is 5. The van der Waals surface area contributed by atoms with Crippen molar-refractivity contribution >= 4 is 11.4 Å². The summed E-state index contributed by atoms with van der Waals surface area (Å²) in [5.41, 5.74) is 7.01. The molecule has 2 heterocycles. The summed E-state index contributed by atoms with van der Waals surface area (Å²) in [6.07, 6.45) is 4.30. The molecule has 0 saturated heterocycles.